The maximum atomic E-state index is 10.1. The second-order valence-corrected chi connectivity index (χ2v) is 7.31. The number of rotatable bonds is 7. The predicted octanol–water partition coefficient (Wildman–Crippen LogP) is 3.26. The Hall–Kier alpha value is -2.89. The van der Waals surface area contributed by atoms with E-state index in [4.69, 9.17) is 4.74 Å². The van der Waals surface area contributed by atoms with Gasteiger partial charge in [-0.2, -0.15) is 0 Å². The van der Waals surface area contributed by atoms with Crippen molar-refractivity contribution in [1.82, 2.24) is 10.2 Å². The molecule has 6 nitrogen and oxygen atoms in total. The lowest BCUT2D eigenvalue weighted by Crippen LogP contribution is -2.52. The summed E-state index contributed by atoms with van der Waals surface area (Å²) in [6.07, 6.45) is 2.03. The molecule has 1 saturated heterocycles. The summed E-state index contributed by atoms with van der Waals surface area (Å²) in [7, 11) is 1.83. The van der Waals surface area contributed by atoms with Gasteiger partial charge in [-0.15, -0.1) is 0 Å². The van der Waals surface area contributed by atoms with Crippen molar-refractivity contribution in [2.24, 2.45) is 4.99 Å². The molecule has 2 aromatic rings. The minimum atomic E-state index is 0.344. The first-order valence-electron chi connectivity index (χ1n) is 10.4. The molecule has 0 saturated carbocycles. The third kappa shape index (κ3) is 6.04. The summed E-state index contributed by atoms with van der Waals surface area (Å²) in [4.78, 5) is 8.93. The van der Waals surface area contributed by atoms with Crippen LogP contribution in [0, 0.1) is 6.92 Å². The van der Waals surface area contributed by atoms with E-state index in [9.17, 15) is 5.11 Å². The zero-order chi connectivity index (χ0) is 20.5. The molecule has 1 aliphatic rings. The molecule has 0 spiro atoms. The quantitative estimate of drug-likeness (QED) is 0.427. The van der Waals surface area contributed by atoms with E-state index in [1.165, 1.54) is 5.56 Å². The van der Waals surface area contributed by atoms with Crippen molar-refractivity contribution in [3.05, 3.63) is 54.1 Å². The largest absolute Gasteiger partial charge is 0.506 e. The zero-order valence-corrected chi connectivity index (χ0v) is 17.5. The summed E-state index contributed by atoms with van der Waals surface area (Å²) in [5, 5.41) is 13.5. The van der Waals surface area contributed by atoms with Gasteiger partial charge in [0.15, 0.2) is 5.96 Å². The fourth-order valence-electron chi connectivity index (χ4n) is 3.47. The molecule has 156 valence electrons. The summed E-state index contributed by atoms with van der Waals surface area (Å²) in [6, 6.07) is 15.7. The van der Waals surface area contributed by atoms with Gasteiger partial charge in [-0.05, 0) is 44.0 Å². The van der Waals surface area contributed by atoms with E-state index in [-0.39, 0.29) is 0 Å². The molecule has 0 amide bonds. The highest BCUT2D eigenvalue weighted by Gasteiger charge is 2.21. The minimum absolute atomic E-state index is 0.344. The number of unbranched alkanes of at least 4 members (excludes halogenated alkanes) is 1. The van der Waals surface area contributed by atoms with Gasteiger partial charge < -0.3 is 25.0 Å². The molecule has 1 fully saturated rings. The van der Waals surface area contributed by atoms with Crippen molar-refractivity contribution in [2.45, 2.75) is 19.8 Å². The van der Waals surface area contributed by atoms with Crippen LogP contribution in [-0.4, -0.2) is 62.3 Å². The van der Waals surface area contributed by atoms with Gasteiger partial charge in [-0.1, -0.05) is 29.8 Å². The molecule has 1 heterocycles. The number of nitrogens with zero attached hydrogens (tertiary/aromatic N) is 3. The van der Waals surface area contributed by atoms with Crippen LogP contribution in [-0.2, 0) is 0 Å². The molecular weight excluding hydrogens is 364 g/mol. The van der Waals surface area contributed by atoms with Crippen LogP contribution in [0.15, 0.2) is 53.5 Å². The van der Waals surface area contributed by atoms with Gasteiger partial charge in [0.05, 0.1) is 12.3 Å². The number of hydrogen-bond donors (Lipinski definition) is 2. The molecule has 0 aliphatic carbocycles. The van der Waals surface area contributed by atoms with E-state index in [0.717, 1.165) is 69.6 Å². The zero-order valence-electron chi connectivity index (χ0n) is 17.5. The molecule has 6 heteroatoms. The number of phenols is 1. The fraction of sp³-hybridized carbons (Fsp3) is 0.435. The molecule has 0 atom stereocenters. The Kier molecular flexibility index (Phi) is 7.61. The molecule has 0 unspecified atom stereocenters. The van der Waals surface area contributed by atoms with Gasteiger partial charge in [0.2, 0.25) is 0 Å². The fourth-order valence-corrected chi connectivity index (χ4v) is 3.47. The highest BCUT2D eigenvalue weighted by molar-refractivity contribution is 5.80. The van der Waals surface area contributed by atoms with Crippen LogP contribution in [0.4, 0.5) is 5.69 Å². The Morgan fingerprint density at radius 3 is 2.45 bits per heavy atom. The Balaban J connectivity index is 1.34. The average molecular weight is 397 g/mol. The summed E-state index contributed by atoms with van der Waals surface area (Å²) >= 11 is 0. The van der Waals surface area contributed by atoms with Crippen LogP contribution in [0.2, 0.25) is 0 Å². The van der Waals surface area contributed by atoms with Crippen molar-refractivity contribution in [3.8, 4) is 11.5 Å². The number of anilines is 1. The van der Waals surface area contributed by atoms with Gasteiger partial charge >= 0.3 is 0 Å². The Morgan fingerprint density at radius 2 is 1.76 bits per heavy atom. The van der Waals surface area contributed by atoms with E-state index >= 15 is 0 Å². The molecule has 2 N–H and O–H groups in total. The van der Waals surface area contributed by atoms with Crippen LogP contribution in [0.1, 0.15) is 18.4 Å². The molecular formula is C23H32N4O2. The molecule has 3 rings (SSSR count). The smallest absolute Gasteiger partial charge is 0.193 e. The number of nitrogens with one attached hydrogen (secondary N) is 1. The molecule has 0 bridgehead atoms. The Labute approximate surface area is 173 Å². The Bertz CT molecular complexity index is 784. The molecule has 0 radical (unpaired) electrons. The van der Waals surface area contributed by atoms with E-state index in [0.29, 0.717) is 5.75 Å². The summed E-state index contributed by atoms with van der Waals surface area (Å²) in [5.41, 5.74) is 2.15. The van der Waals surface area contributed by atoms with Gasteiger partial charge in [0.25, 0.3) is 0 Å². The van der Waals surface area contributed by atoms with E-state index in [1.54, 1.807) is 6.07 Å². The van der Waals surface area contributed by atoms with E-state index < -0.39 is 0 Å². The Morgan fingerprint density at radius 1 is 1.03 bits per heavy atom. The number of aryl methyl sites for hydroxylation is 1. The average Bonchev–Trinajstić information content (AvgIpc) is 2.75. The SMILES string of the molecule is CN=C(NCCCCOc1ccc(C)cc1)N1CCN(c2ccccc2O)CC1. The third-order valence-electron chi connectivity index (χ3n) is 5.16. The summed E-state index contributed by atoms with van der Waals surface area (Å²) in [6.45, 7) is 7.17. The number of benzene rings is 2. The van der Waals surface area contributed by atoms with Crippen molar-refractivity contribution < 1.29 is 9.84 Å². The first-order chi connectivity index (χ1) is 14.2. The van der Waals surface area contributed by atoms with Crippen molar-refractivity contribution in [1.29, 1.82) is 0 Å². The number of para-hydroxylation sites is 2. The lowest BCUT2D eigenvalue weighted by Gasteiger charge is -2.37. The normalized spacial score (nSPS) is 14.8. The second-order valence-electron chi connectivity index (χ2n) is 7.31. The maximum absolute atomic E-state index is 10.1. The van der Waals surface area contributed by atoms with Gasteiger partial charge in [-0.3, -0.25) is 4.99 Å². The van der Waals surface area contributed by atoms with Crippen molar-refractivity contribution >= 4 is 11.6 Å². The highest BCUT2D eigenvalue weighted by atomic mass is 16.5. The molecule has 0 aromatic heterocycles. The number of phenolic OH excluding ortho intramolecular Hbond substituents is 1. The van der Waals surface area contributed by atoms with E-state index in [2.05, 4.69) is 39.2 Å². The summed E-state index contributed by atoms with van der Waals surface area (Å²) in [5.74, 6) is 2.22. The van der Waals surface area contributed by atoms with Crippen LogP contribution in [0.3, 0.4) is 0 Å². The number of guanidine groups is 1. The second kappa shape index (κ2) is 10.6. The highest BCUT2D eigenvalue weighted by Crippen LogP contribution is 2.27. The van der Waals surface area contributed by atoms with Crippen molar-refractivity contribution in [3.63, 3.8) is 0 Å². The molecule has 2 aromatic carbocycles. The number of aliphatic imine (C=N–C) groups is 1. The number of aromatic hydroxyl groups is 1. The van der Waals surface area contributed by atoms with Crippen LogP contribution in [0.5, 0.6) is 11.5 Å². The predicted molar refractivity (Wildman–Crippen MR) is 119 cm³/mol. The van der Waals surface area contributed by atoms with E-state index in [1.807, 2.05) is 37.4 Å². The first-order valence-corrected chi connectivity index (χ1v) is 10.4. The minimum Gasteiger partial charge on any atom is -0.506 e. The standard InChI is InChI=1S/C23H32N4O2/c1-19-9-11-20(12-10-19)29-18-6-5-13-25-23(24-2)27-16-14-26(15-17-27)21-7-3-4-8-22(21)28/h3-4,7-12,28H,5-6,13-18H2,1-2H3,(H,24,25). The lowest BCUT2D eigenvalue weighted by atomic mass is 10.2. The molecule has 29 heavy (non-hydrogen) atoms. The third-order valence-corrected chi connectivity index (χ3v) is 5.16. The van der Waals surface area contributed by atoms with Gasteiger partial charge in [0.1, 0.15) is 11.5 Å². The van der Waals surface area contributed by atoms with Crippen molar-refractivity contribution in [2.75, 3.05) is 51.3 Å². The summed E-state index contributed by atoms with van der Waals surface area (Å²) < 4.78 is 5.78. The number of piperazine rings is 1. The lowest BCUT2D eigenvalue weighted by molar-refractivity contribution is 0.306. The van der Waals surface area contributed by atoms with Crippen LogP contribution >= 0.6 is 0 Å². The number of hydrogen-bond acceptors (Lipinski definition) is 4. The van der Waals surface area contributed by atoms with Gasteiger partial charge in [-0.25, -0.2) is 0 Å². The molecule has 1 aliphatic heterocycles. The first kappa shape index (κ1) is 20.8. The van der Waals surface area contributed by atoms with Gasteiger partial charge in [0, 0.05) is 39.8 Å². The maximum Gasteiger partial charge on any atom is 0.193 e. The number of ether oxygens (including phenoxy) is 1. The monoisotopic (exact) mass is 396 g/mol. The van der Waals surface area contributed by atoms with Crippen LogP contribution in [0.25, 0.3) is 0 Å². The topological polar surface area (TPSA) is 60.3 Å². The van der Waals surface area contributed by atoms with Crippen LogP contribution < -0.4 is 15.0 Å².